The predicted molar refractivity (Wildman–Crippen MR) is 53.3 cm³/mol. The first-order chi connectivity index (χ1) is 5.68. The molecule has 1 rings (SSSR count). The Bertz CT molecular complexity index is 249. The standard InChI is InChI=1S/C8H13N3S/c1-6(11-8(9)10)5-7-3-2-4-12-7/h2-4,6H,5H2,1H3,(H4,9,10,11). The lowest BCUT2D eigenvalue weighted by Gasteiger charge is -2.03. The van der Waals surface area contributed by atoms with E-state index in [2.05, 4.69) is 16.4 Å². The maximum Gasteiger partial charge on any atom is 0.186 e. The van der Waals surface area contributed by atoms with Crippen LogP contribution in [0.5, 0.6) is 0 Å². The third kappa shape index (κ3) is 2.92. The first kappa shape index (κ1) is 9.06. The SMILES string of the molecule is CC(Cc1cccs1)N=C(N)N. The van der Waals surface area contributed by atoms with Gasteiger partial charge in [-0.05, 0) is 18.4 Å². The molecule has 1 atom stereocenters. The van der Waals surface area contributed by atoms with Gasteiger partial charge in [-0.25, -0.2) is 0 Å². The van der Waals surface area contributed by atoms with E-state index in [1.54, 1.807) is 11.3 Å². The monoisotopic (exact) mass is 183 g/mol. The van der Waals surface area contributed by atoms with Gasteiger partial charge in [0.15, 0.2) is 5.96 Å². The Kier molecular flexibility index (Phi) is 3.10. The van der Waals surface area contributed by atoms with Crippen LogP contribution in [0.25, 0.3) is 0 Å². The van der Waals surface area contributed by atoms with Crippen molar-refractivity contribution in [3.63, 3.8) is 0 Å². The second-order valence-corrected chi connectivity index (χ2v) is 3.72. The molecular formula is C8H13N3S. The summed E-state index contributed by atoms with van der Waals surface area (Å²) in [4.78, 5) is 5.34. The summed E-state index contributed by atoms with van der Waals surface area (Å²) >= 11 is 1.73. The number of aliphatic imine (C=N–C) groups is 1. The summed E-state index contributed by atoms with van der Waals surface area (Å²) in [6, 6.07) is 4.29. The summed E-state index contributed by atoms with van der Waals surface area (Å²) in [6.07, 6.45) is 0.912. The van der Waals surface area contributed by atoms with Gasteiger partial charge in [-0.3, -0.25) is 4.99 Å². The van der Waals surface area contributed by atoms with Gasteiger partial charge in [-0.15, -0.1) is 11.3 Å². The second kappa shape index (κ2) is 4.11. The molecule has 0 saturated carbocycles. The van der Waals surface area contributed by atoms with Crippen LogP contribution in [0.3, 0.4) is 0 Å². The van der Waals surface area contributed by atoms with Crippen LogP contribution in [0.2, 0.25) is 0 Å². The molecule has 0 aliphatic heterocycles. The van der Waals surface area contributed by atoms with Crippen molar-refractivity contribution in [2.75, 3.05) is 0 Å². The summed E-state index contributed by atoms with van der Waals surface area (Å²) in [6.45, 7) is 2.00. The average Bonchev–Trinajstić information content (AvgIpc) is 2.37. The highest BCUT2D eigenvalue weighted by Gasteiger charge is 2.01. The molecule has 4 N–H and O–H groups in total. The third-order valence-corrected chi connectivity index (χ3v) is 2.34. The van der Waals surface area contributed by atoms with E-state index < -0.39 is 0 Å². The Morgan fingerprint density at radius 1 is 1.67 bits per heavy atom. The topological polar surface area (TPSA) is 64.4 Å². The lowest BCUT2D eigenvalue weighted by molar-refractivity contribution is 0.746. The van der Waals surface area contributed by atoms with Crippen LogP contribution in [-0.4, -0.2) is 12.0 Å². The third-order valence-electron chi connectivity index (χ3n) is 1.45. The van der Waals surface area contributed by atoms with Gasteiger partial charge in [0, 0.05) is 11.3 Å². The van der Waals surface area contributed by atoms with E-state index in [9.17, 15) is 0 Å². The normalized spacial score (nSPS) is 12.4. The largest absolute Gasteiger partial charge is 0.370 e. The molecule has 0 aromatic carbocycles. The summed E-state index contributed by atoms with van der Waals surface area (Å²) in [5.41, 5.74) is 10.5. The van der Waals surface area contributed by atoms with Crippen molar-refractivity contribution in [2.45, 2.75) is 19.4 Å². The number of thiophene rings is 1. The fourth-order valence-corrected chi connectivity index (χ4v) is 1.85. The Morgan fingerprint density at radius 2 is 2.42 bits per heavy atom. The van der Waals surface area contributed by atoms with Crippen molar-refractivity contribution in [1.82, 2.24) is 0 Å². The lowest BCUT2D eigenvalue weighted by Crippen LogP contribution is -2.25. The molecule has 1 aromatic heterocycles. The van der Waals surface area contributed by atoms with E-state index in [1.165, 1.54) is 4.88 Å². The minimum absolute atomic E-state index is 0.166. The quantitative estimate of drug-likeness (QED) is 0.541. The van der Waals surface area contributed by atoms with E-state index in [1.807, 2.05) is 13.0 Å². The molecule has 12 heavy (non-hydrogen) atoms. The van der Waals surface area contributed by atoms with Crippen LogP contribution < -0.4 is 11.5 Å². The maximum atomic E-state index is 5.25. The zero-order valence-electron chi connectivity index (χ0n) is 7.03. The number of hydrogen-bond donors (Lipinski definition) is 2. The predicted octanol–water partition coefficient (Wildman–Crippen LogP) is 0.953. The van der Waals surface area contributed by atoms with E-state index in [0.717, 1.165) is 6.42 Å². The Hall–Kier alpha value is -1.03. The van der Waals surface area contributed by atoms with Crippen LogP contribution in [-0.2, 0) is 6.42 Å². The fraction of sp³-hybridized carbons (Fsp3) is 0.375. The van der Waals surface area contributed by atoms with Gasteiger partial charge >= 0.3 is 0 Å². The van der Waals surface area contributed by atoms with Gasteiger partial charge < -0.3 is 11.5 Å². The van der Waals surface area contributed by atoms with Gasteiger partial charge in [-0.1, -0.05) is 6.07 Å². The second-order valence-electron chi connectivity index (χ2n) is 2.69. The summed E-state index contributed by atoms with van der Waals surface area (Å²) in [5.74, 6) is 0.166. The summed E-state index contributed by atoms with van der Waals surface area (Å²) in [5, 5.41) is 2.05. The molecule has 0 spiro atoms. The molecule has 0 aliphatic rings. The zero-order chi connectivity index (χ0) is 8.97. The molecule has 0 saturated heterocycles. The smallest absolute Gasteiger partial charge is 0.186 e. The highest BCUT2D eigenvalue weighted by atomic mass is 32.1. The van der Waals surface area contributed by atoms with E-state index >= 15 is 0 Å². The number of guanidine groups is 1. The number of rotatable bonds is 3. The molecule has 0 amide bonds. The van der Waals surface area contributed by atoms with Crippen molar-refractivity contribution in [3.8, 4) is 0 Å². The van der Waals surface area contributed by atoms with Crippen molar-refractivity contribution in [3.05, 3.63) is 22.4 Å². The van der Waals surface area contributed by atoms with Crippen LogP contribution in [0.4, 0.5) is 0 Å². The van der Waals surface area contributed by atoms with Crippen LogP contribution >= 0.6 is 11.3 Å². The van der Waals surface area contributed by atoms with E-state index in [4.69, 9.17) is 11.5 Å². The Morgan fingerprint density at radius 3 is 2.92 bits per heavy atom. The molecule has 0 aliphatic carbocycles. The van der Waals surface area contributed by atoms with Gasteiger partial charge in [0.25, 0.3) is 0 Å². The van der Waals surface area contributed by atoms with Gasteiger partial charge in [0.05, 0.1) is 6.04 Å². The molecule has 66 valence electrons. The van der Waals surface area contributed by atoms with Crippen molar-refractivity contribution in [1.29, 1.82) is 0 Å². The molecule has 3 nitrogen and oxygen atoms in total. The van der Waals surface area contributed by atoms with E-state index in [0.29, 0.717) is 0 Å². The highest BCUT2D eigenvalue weighted by molar-refractivity contribution is 7.09. The Balaban J connectivity index is 2.47. The minimum Gasteiger partial charge on any atom is -0.370 e. The molecule has 0 fully saturated rings. The molecular weight excluding hydrogens is 170 g/mol. The first-order valence-corrected chi connectivity index (χ1v) is 4.67. The van der Waals surface area contributed by atoms with Gasteiger partial charge in [-0.2, -0.15) is 0 Å². The highest BCUT2D eigenvalue weighted by Crippen LogP contribution is 2.12. The average molecular weight is 183 g/mol. The molecule has 1 unspecified atom stereocenters. The van der Waals surface area contributed by atoms with Crippen molar-refractivity contribution < 1.29 is 0 Å². The number of hydrogen-bond acceptors (Lipinski definition) is 2. The molecule has 1 heterocycles. The summed E-state index contributed by atoms with van der Waals surface area (Å²) in [7, 11) is 0. The van der Waals surface area contributed by atoms with E-state index in [-0.39, 0.29) is 12.0 Å². The molecule has 1 aromatic rings. The van der Waals surface area contributed by atoms with Crippen molar-refractivity contribution in [2.24, 2.45) is 16.5 Å². The number of nitrogens with two attached hydrogens (primary N) is 2. The van der Waals surface area contributed by atoms with Crippen LogP contribution in [0, 0.1) is 0 Å². The van der Waals surface area contributed by atoms with Gasteiger partial charge in [0.2, 0.25) is 0 Å². The first-order valence-electron chi connectivity index (χ1n) is 3.79. The number of nitrogens with zero attached hydrogens (tertiary/aromatic N) is 1. The molecule has 4 heteroatoms. The fourth-order valence-electron chi connectivity index (χ4n) is 1.02. The van der Waals surface area contributed by atoms with Crippen LogP contribution in [0.15, 0.2) is 22.5 Å². The molecule has 0 bridgehead atoms. The summed E-state index contributed by atoms with van der Waals surface area (Å²) < 4.78 is 0. The molecule has 0 radical (unpaired) electrons. The minimum atomic E-state index is 0.166. The van der Waals surface area contributed by atoms with Gasteiger partial charge in [0.1, 0.15) is 0 Å². The van der Waals surface area contributed by atoms with Crippen LogP contribution in [0.1, 0.15) is 11.8 Å². The lowest BCUT2D eigenvalue weighted by atomic mass is 10.2. The zero-order valence-corrected chi connectivity index (χ0v) is 7.84. The Labute approximate surface area is 76.1 Å². The maximum absolute atomic E-state index is 5.25. The van der Waals surface area contributed by atoms with Crippen molar-refractivity contribution >= 4 is 17.3 Å².